The van der Waals surface area contributed by atoms with Crippen molar-refractivity contribution in [1.82, 2.24) is 4.90 Å². The number of amidine groups is 1. The number of para-hydroxylation sites is 1. The highest BCUT2D eigenvalue weighted by atomic mass is 32.2. The standard InChI is InChI=1S/C30H22F2N4O4S/c31-22-9-7-20(8-10-22)17-33-35-30-36(18-25-5-3-15-39-25)29(38)27(41-30)16-21-4-1-2-6-26(21)40-19-28(37)34-24-13-11-23(32)12-14-24/h1-17H,18-19H2,(H,34,37)/b27-16-,33-17+,35-30-. The molecule has 1 aromatic heterocycles. The van der Waals surface area contributed by atoms with Crippen molar-refractivity contribution in [3.63, 3.8) is 0 Å². The summed E-state index contributed by atoms with van der Waals surface area (Å²) in [5, 5.41) is 11.3. The summed E-state index contributed by atoms with van der Waals surface area (Å²) >= 11 is 1.12. The molecule has 3 aromatic carbocycles. The molecule has 206 valence electrons. The normalized spacial score (nSPS) is 15.3. The molecule has 0 aliphatic carbocycles. The molecule has 5 rings (SSSR count). The third-order valence-electron chi connectivity index (χ3n) is 5.69. The van der Waals surface area contributed by atoms with Crippen LogP contribution < -0.4 is 10.1 Å². The molecule has 4 aromatic rings. The van der Waals surface area contributed by atoms with Crippen molar-refractivity contribution in [2.24, 2.45) is 10.2 Å². The lowest BCUT2D eigenvalue weighted by molar-refractivity contribution is -0.122. The number of hydrogen-bond donors (Lipinski definition) is 1. The van der Waals surface area contributed by atoms with Crippen LogP contribution in [0.1, 0.15) is 16.9 Å². The Balaban J connectivity index is 1.33. The van der Waals surface area contributed by atoms with E-state index in [-0.39, 0.29) is 24.9 Å². The Labute approximate surface area is 238 Å². The van der Waals surface area contributed by atoms with E-state index in [0.29, 0.717) is 38.4 Å². The number of halogens is 2. The number of amides is 2. The predicted molar refractivity (Wildman–Crippen MR) is 153 cm³/mol. The van der Waals surface area contributed by atoms with Gasteiger partial charge in [-0.05, 0) is 78.0 Å². The molecular weight excluding hydrogens is 550 g/mol. The van der Waals surface area contributed by atoms with Crippen LogP contribution in [-0.2, 0) is 16.1 Å². The van der Waals surface area contributed by atoms with Crippen molar-refractivity contribution < 1.29 is 27.5 Å². The number of carbonyl (C=O) groups excluding carboxylic acids is 2. The van der Waals surface area contributed by atoms with Gasteiger partial charge in [-0.25, -0.2) is 8.78 Å². The van der Waals surface area contributed by atoms with Crippen molar-refractivity contribution >= 4 is 46.7 Å². The van der Waals surface area contributed by atoms with Crippen LogP contribution in [-0.4, -0.2) is 34.7 Å². The minimum Gasteiger partial charge on any atom is -0.483 e. The number of nitrogens with one attached hydrogen (secondary N) is 1. The summed E-state index contributed by atoms with van der Waals surface area (Å²) in [5.41, 5.74) is 1.66. The Morgan fingerprint density at radius 2 is 1.71 bits per heavy atom. The number of benzene rings is 3. The van der Waals surface area contributed by atoms with Gasteiger partial charge in [0.15, 0.2) is 11.8 Å². The van der Waals surface area contributed by atoms with Crippen molar-refractivity contribution in [2.75, 3.05) is 11.9 Å². The van der Waals surface area contributed by atoms with Crippen LogP contribution in [0.25, 0.3) is 6.08 Å². The van der Waals surface area contributed by atoms with Crippen LogP contribution in [0.5, 0.6) is 5.75 Å². The Hall–Kier alpha value is -5.03. The molecule has 1 aliphatic rings. The summed E-state index contributed by atoms with van der Waals surface area (Å²) in [6.45, 7) is -0.156. The number of furan rings is 1. The second-order valence-electron chi connectivity index (χ2n) is 8.64. The predicted octanol–water partition coefficient (Wildman–Crippen LogP) is 6.08. The van der Waals surface area contributed by atoms with Gasteiger partial charge in [-0.15, -0.1) is 5.10 Å². The van der Waals surface area contributed by atoms with Crippen LogP contribution in [0.15, 0.2) is 111 Å². The zero-order valence-electron chi connectivity index (χ0n) is 21.4. The van der Waals surface area contributed by atoms with E-state index >= 15 is 0 Å². The molecular formula is C30H22F2N4O4S. The van der Waals surface area contributed by atoms with Crippen LogP contribution in [0.2, 0.25) is 0 Å². The van der Waals surface area contributed by atoms with Gasteiger partial charge in [0.2, 0.25) is 0 Å². The first-order valence-corrected chi connectivity index (χ1v) is 13.1. The first-order chi connectivity index (χ1) is 19.9. The fourth-order valence-corrected chi connectivity index (χ4v) is 4.65. The smallest absolute Gasteiger partial charge is 0.267 e. The Morgan fingerprint density at radius 3 is 2.44 bits per heavy atom. The van der Waals surface area contributed by atoms with E-state index in [9.17, 15) is 18.4 Å². The van der Waals surface area contributed by atoms with Gasteiger partial charge in [-0.1, -0.05) is 30.3 Å². The minimum absolute atomic E-state index is 0.142. The number of hydrogen-bond acceptors (Lipinski definition) is 7. The van der Waals surface area contributed by atoms with Gasteiger partial charge in [0.25, 0.3) is 11.8 Å². The molecule has 8 nitrogen and oxygen atoms in total. The highest BCUT2D eigenvalue weighted by Gasteiger charge is 2.34. The largest absolute Gasteiger partial charge is 0.483 e. The van der Waals surface area contributed by atoms with Gasteiger partial charge in [-0.3, -0.25) is 14.5 Å². The van der Waals surface area contributed by atoms with E-state index in [1.54, 1.807) is 54.6 Å². The first-order valence-electron chi connectivity index (χ1n) is 12.3. The van der Waals surface area contributed by atoms with E-state index in [1.165, 1.54) is 53.8 Å². The van der Waals surface area contributed by atoms with Gasteiger partial charge in [0.1, 0.15) is 23.1 Å². The van der Waals surface area contributed by atoms with E-state index in [1.807, 2.05) is 0 Å². The van der Waals surface area contributed by atoms with Crippen molar-refractivity contribution in [3.8, 4) is 5.75 Å². The molecule has 0 unspecified atom stereocenters. The quantitative estimate of drug-likeness (QED) is 0.149. The molecule has 1 N–H and O–H groups in total. The number of nitrogens with zero attached hydrogens (tertiary/aromatic N) is 3. The lowest BCUT2D eigenvalue weighted by Crippen LogP contribution is -2.28. The van der Waals surface area contributed by atoms with Gasteiger partial charge in [0.05, 0.1) is 23.9 Å². The average molecular weight is 573 g/mol. The van der Waals surface area contributed by atoms with E-state index in [0.717, 1.165) is 11.8 Å². The summed E-state index contributed by atoms with van der Waals surface area (Å²) in [5.74, 6) is -0.556. The average Bonchev–Trinajstić information content (AvgIpc) is 3.59. The second kappa shape index (κ2) is 12.9. The van der Waals surface area contributed by atoms with Gasteiger partial charge < -0.3 is 14.5 Å². The zero-order chi connectivity index (χ0) is 28.6. The molecule has 11 heteroatoms. The fourth-order valence-electron chi connectivity index (χ4n) is 3.72. The van der Waals surface area contributed by atoms with Crippen LogP contribution >= 0.6 is 11.8 Å². The number of anilines is 1. The number of carbonyl (C=O) groups is 2. The Morgan fingerprint density at radius 1 is 0.976 bits per heavy atom. The molecule has 1 aliphatic heterocycles. The SMILES string of the molecule is O=C(COc1ccccc1/C=C1\S/C(=N\N=C\c2ccc(F)cc2)N(Cc2ccco2)C1=O)Nc1ccc(F)cc1. The number of thioether (sulfide) groups is 1. The molecule has 41 heavy (non-hydrogen) atoms. The molecule has 1 saturated heterocycles. The maximum Gasteiger partial charge on any atom is 0.267 e. The summed E-state index contributed by atoms with van der Waals surface area (Å²) in [4.78, 5) is 27.6. The van der Waals surface area contributed by atoms with Gasteiger partial charge in [-0.2, -0.15) is 5.10 Å². The summed E-state index contributed by atoms with van der Waals surface area (Å²) in [6, 6.07) is 21.6. The number of ether oxygens (including phenoxy) is 1. The monoisotopic (exact) mass is 572 g/mol. The molecule has 0 spiro atoms. The summed E-state index contributed by atoms with van der Waals surface area (Å²) in [7, 11) is 0. The van der Waals surface area contributed by atoms with Crippen molar-refractivity contribution in [3.05, 3.63) is 125 Å². The van der Waals surface area contributed by atoms with Gasteiger partial charge >= 0.3 is 0 Å². The van der Waals surface area contributed by atoms with Crippen LogP contribution in [0.3, 0.4) is 0 Å². The molecule has 2 amide bonds. The van der Waals surface area contributed by atoms with Gasteiger partial charge in [0, 0.05) is 11.3 Å². The molecule has 0 saturated carbocycles. The summed E-state index contributed by atoms with van der Waals surface area (Å²) < 4.78 is 37.5. The van der Waals surface area contributed by atoms with E-state index < -0.39 is 11.7 Å². The lowest BCUT2D eigenvalue weighted by Gasteiger charge is -2.12. The molecule has 0 atom stereocenters. The molecule has 2 heterocycles. The number of rotatable bonds is 9. The summed E-state index contributed by atoms with van der Waals surface area (Å²) in [6.07, 6.45) is 4.63. The first kappa shape index (κ1) is 27.5. The third-order valence-corrected chi connectivity index (χ3v) is 6.69. The third kappa shape index (κ3) is 7.34. The van der Waals surface area contributed by atoms with Crippen LogP contribution in [0, 0.1) is 11.6 Å². The highest BCUT2D eigenvalue weighted by Crippen LogP contribution is 2.35. The Bertz CT molecular complexity index is 1620. The van der Waals surface area contributed by atoms with Crippen molar-refractivity contribution in [1.29, 1.82) is 0 Å². The second-order valence-corrected chi connectivity index (χ2v) is 9.65. The van der Waals surface area contributed by atoms with Crippen molar-refractivity contribution in [2.45, 2.75) is 6.54 Å². The zero-order valence-corrected chi connectivity index (χ0v) is 22.2. The lowest BCUT2D eigenvalue weighted by atomic mass is 10.2. The maximum atomic E-state index is 13.4. The molecule has 0 radical (unpaired) electrons. The Kier molecular flexibility index (Phi) is 8.65. The molecule has 0 bridgehead atoms. The fraction of sp³-hybridized carbons (Fsp3) is 0.0667. The topological polar surface area (TPSA) is 96.5 Å². The van der Waals surface area contributed by atoms with E-state index in [4.69, 9.17) is 9.15 Å². The molecule has 1 fully saturated rings. The minimum atomic E-state index is -0.427. The van der Waals surface area contributed by atoms with E-state index in [2.05, 4.69) is 15.5 Å². The highest BCUT2D eigenvalue weighted by molar-refractivity contribution is 8.18. The van der Waals surface area contributed by atoms with Crippen LogP contribution in [0.4, 0.5) is 14.5 Å². The maximum absolute atomic E-state index is 13.4.